The minimum absolute atomic E-state index is 0.103. The van der Waals surface area contributed by atoms with E-state index in [1.165, 1.54) is 5.56 Å². The van der Waals surface area contributed by atoms with Gasteiger partial charge in [0, 0.05) is 19.1 Å². The van der Waals surface area contributed by atoms with Crippen molar-refractivity contribution < 1.29 is 17.9 Å². The van der Waals surface area contributed by atoms with Crippen molar-refractivity contribution in [3.05, 3.63) is 35.4 Å². The number of nitrogens with zero attached hydrogens (tertiary/aromatic N) is 2. The van der Waals surface area contributed by atoms with E-state index in [1.54, 1.807) is 13.8 Å². The number of amides is 1. The molecule has 0 aromatic heterocycles. The Balaban J connectivity index is 1.78. The molecule has 1 heterocycles. The maximum absolute atomic E-state index is 12.1. The van der Waals surface area contributed by atoms with Gasteiger partial charge in [-0.15, -0.1) is 0 Å². The van der Waals surface area contributed by atoms with Gasteiger partial charge in [-0.05, 0) is 77.1 Å². The van der Waals surface area contributed by atoms with Crippen LogP contribution in [0.4, 0.5) is 4.79 Å². The highest BCUT2D eigenvalue weighted by molar-refractivity contribution is 7.91. The van der Waals surface area contributed by atoms with E-state index in [0.717, 1.165) is 63.8 Å². The largest absolute Gasteiger partial charge is 0.449 e. The van der Waals surface area contributed by atoms with Gasteiger partial charge in [0.05, 0.1) is 17.6 Å². The monoisotopic (exact) mass is 452 g/mol. The van der Waals surface area contributed by atoms with Gasteiger partial charge in [-0.25, -0.2) is 13.2 Å². The predicted molar refractivity (Wildman–Crippen MR) is 126 cm³/mol. The molecule has 0 N–H and O–H groups in total. The zero-order chi connectivity index (χ0) is 22.9. The Morgan fingerprint density at radius 1 is 1.06 bits per heavy atom. The summed E-state index contributed by atoms with van der Waals surface area (Å²) in [4.78, 5) is 16.2. The molecule has 1 aromatic rings. The Morgan fingerprint density at radius 2 is 1.74 bits per heavy atom. The summed E-state index contributed by atoms with van der Waals surface area (Å²) in [6.45, 7) is 12.0. The van der Waals surface area contributed by atoms with E-state index in [0.29, 0.717) is 12.6 Å². The lowest BCUT2D eigenvalue weighted by Gasteiger charge is -2.28. The summed E-state index contributed by atoms with van der Waals surface area (Å²) in [5, 5.41) is -0.352. The molecule has 1 aliphatic heterocycles. The van der Waals surface area contributed by atoms with Crippen molar-refractivity contribution in [3.8, 4) is 0 Å². The highest BCUT2D eigenvalue weighted by Gasteiger charge is 2.19. The highest BCUT2D eigenvalue weighted by Crippen LogP contribution is 2.15. The minimum atomic E-state index is -3.07. The SMILES string of the molecule is CCN(CCCCN1CCCCOC1=O)C(C)Cc1ccc(CS(=O)(=O)C(C)C)cc1. The first kappa shape index (κ1) is 25.7. The molecule has 6 nitrogen and oxygen atoms in total. The van der Waals surface area contributed by atoms with Crippen molar-refractivity contribution in [1.29, 1.82) is 0 Å². The minimum Gasteiger partial charge on any atom is -0.449 e. The summed E-state index contributed by atoms with van der Waals surface area (Å²) in [5.41, 5.74) is 2.08. The zero-order valence-corrected chi connectivity index (χ0v) is 20.5. The molecule has 31 heavy (non-hydrogen) atoms. The molecule has 1 aromatic carbocycles. The van der Waals surface area contributed by atoms with Gasteiger partial charge in [0.15, 0.2) is 9.84 Å². The summed E-state index contributed by atoms with van der Waals surface area (Å²) in [6.07, 6.45) is 4.78. The lowest BCUT2D eigenvalue weighted by atomic mass is 10.0. The molecule has 1 atom stereocenters. The Bertz CT molecular complexity index is 777. The number of cyclic esters (lactones) is 1. The molecule has 0 aliphatic carbocycles. The lowest BCUT2D eigenvalue weighted by molar-refractivity contribution is 0.114. The van der Waals surface area contributed by atoms with E-state index in [4.69, 9.17) is 4.74 Å². The first-order valence-electron chi connectivity index (χ1n) is 11.7. The zero-order valence-electron chi connectivity index (χ0n) is 19.7. The molecule has 0 spiro atoms. The first-order chi connectivity index (χ1) is 14.7. The number of ether oxygens (including phenoxy) is 1. The molecule has 0 saturated carbocycles. The number of sulfone groups is 1. The smallest absolute Gasteiger partial charge is 0.409 e. The van der Waals surface area contributed by atoms with Crippen LogP contribution in [0.5, 0.6) is 0 Å². The van der Waals surface area contributed by atoms with Gasteiger partial charge in [-0.3, -0.25) is 0 Å². The van der Waals surface area contributed by atoms with E-state index in [-0.39, 0.29) is 17.1 Å². The standard InChI is InChI=1S/C24H40N2O4S/c1-5-25(14-6-7-15-26-16-8-9-17-30-24(26)27)21(4)18-22-10-12-23(13-11-22)19-31(28,29)20(2)3/h10-13,20-21H,5-9,14-19H2,1-4H3. The van der Waals surface area contributed by atoms with Gasteiger partial charge < -0.3 is 14.5 Å². The van der Waals surface area contributed by atoms with E-state index < -0.39 is 9.84 Å². The Hall–Kier alpha value is -1.60. The normalized spacial score (nSPS) is 16.5. The molecule has 2 rings (SSSR count). The van der Waals surface area contributed by atoms with E-state index >= 15 is 0 Å². The number of hydrogen-bond acceptors (Lipinski definition) is 5. The van der Waals surface area contributed by atoms with Crippen LogP contribution < -0.4 is 0 Å². The fourth-order valence-electron chi connectivity index (χ4n) is 3.90. The molecular formula is C24H40N2O4S. The molecule has 0 radical (unpaired) electrons. The molecule has 0 bridgehead atoms. The molecular weight excluding hydrogens is 412 g/mol. The number of unbranched alkanes of at least 4 members (excludes halogenated alkanes) is 1. The van der Waals surface area contributed by atoms with E-state index in [1.807, 2.05) is 17.0 Å². The molecule has 1 unspecified atom stereocenters. The molecule has 1 saturated heterocycles. The van der Waals surface area contributed by atoms with Gasteiger partial charge in [0.2, 0.25) is 0 Å². The van der Waals surface area contributed by atoms with Crippen LogP contribution in [-0.2, 0) is 26.7 Å². The Kier molecular flexibility index (Phi) is 10.3. The van der Waals surface area contributed by atoms with Crippen molar-refractivity contribution in [2.24, 2.45) is 0 Å². The second-order valence-electron chi connectivity index (χ2n) is 8.87. The summed E-state index contributed by atoms with van der Waals surface area (Å²) in [7, 11) is -3.07. The quantitative estimate of drug-likeness (QED) is 0.443. The summed E-state index contributed by atoms with van der Waals surface area (Å²) in [5.74, 6) is 0.103. The van der Waals surface area contributed by atoms with E-state index in [2.05, 4.69) is 30.9 Å². The summed E-state index contributed by atoms with van der Waals surface area (Å²) < 4.78 is 29.4. The van der Waals surface area contributed by atoms with Gasteiger partial charge >= 0.3 is 6.09 Å². The number of hydrogen-bond donors (Lipinski definition) is 0. The van der Waals surface area contributed by atoms with E-state index in [9.17, 15) is 13.2 Å². The predicted octanol–water partition coefficient (Wildman–Crippen LogP) is 4.28. The van der Waals surface area contributed by atoms with Crippen molar-refractivity contribution in [3.63, 3.8) is 0 Å². The average Bonchev–Trinajstić information content (AvgIpc) is 2.93. The van der Waals surface area contributed by atoms with Gasteiger partial charge in [-0.2, -0.15) is 0 Å². The van der Waals surface area contributed by atoms with Crippen LogP contribution in [0.2, 0.25) is 0 Å². The second kappa shape index (κ2) is 12.4. The molecule has 1 fully saturated rings. The lowest BCUT2D eigenvalue weighted by Crippen LogP contribution is -2.36. The fraction of sp³-hybridized carbons (Fsp3) is 0.708. The van der Waals surface area contributed by atoms with Crippen molar-refractivity contribution >= 4 is 15.9 Å². The maximum atomic E-state index is 12.1. The van der Waals surface area contributed by atoms with Crippen LogP contribution >= 0.6 is 0 Å². The van der Waals surface area contributed by atoms with Crippen molar-refractivity contribution in [2.45, 2.75) is 76.8 Å². The van der Waals surface area contributed by atoms with Crippen LogP contribution in [0.25, 0.3) is 0 Å². The maximum Gasteiger partial charge on any atom is 0.409 e. The Morgan fingerprint density at radius 3 is 2.39 bits per heavy atom. The summed E-state index contributed by atoms with van der Waals surface area (Å²) >= 11 is 0. The second-order valence-corrected chi connectivity index (χ2v) is 11.4. The van der Waals surface area contributed by atoms with Crippen LogP contribution in [0.3, 0.4) is 0 Å². The third-order valence-corrected chi connectivity index (χ3v) is 8.27. The summed E-state index contributed by atoms with van der Waals surface area (Å²) in [6, 6.07) is 8.40. The number of likely N-dealkylation sites (N-methyl/N-ethyl adjacent to an activating group) is 1. The topological polar surface area (TPSA) is 66.9 Å². The van der Waals surface area contributed by atoms with Crippen LogP contribution in [0.1, 0.15) is 64.5 Å². The Labute approximate surface area is 188 Å². The third kappa shape index (κ3) is 8.45. The first-order valence-corrected chi connectivity index (χ1v) is 13.4. The number of rotatable bonds is 12. The molecule has 1 aliphatic rings. The van der Waals surface area contributed by atoms with Crippen LogP contribution in [0, 0.1) is 0 Å². The van der Waals surface area contributed by atoms with Gasteiger partial charge in [0.1, 0.15) is 0 Å². The fourth-order valence-corrected chi connectivity index (χ4v) is 4.89. The number of benzene rings is 1. The third-order valence-electron chi connectivity index (χ3n) is 6.10. The molecule has 7 heteroatoms. The van der Waals surface area contributed by atoms with Crippen LogP contribution in [0.15, 0.2) is 24.3 Å². The number of carbonyl (C=O) groups excluding carboxylic acids is 1. The van der Waals surface area contributed by atoms with Crippen molar-refractivity contribution in [1.82, 2.24) is 9.80 Å². The average molecular weight is 453 g/mol. The van der Waals surface area contributed by atoms with Crippen LogP contribution in [-0.4, -0.2) is 68.4 Å². The molecule has 176 valence electrons. The van der Waals surface area contributed by atoms with Gasteiger partial charge in [0.25, 0.3) is 0 Å². The van der Waals surface area contributed by atoms with Gasteiger partial charge in [-0.1, -0.05) is 31.2 Å². The molecule has 1 amide bonds. The number of carbonyl (C=O) groups is 1. The highest BCUT2D eigenvalue weighted by atomic mass is 32.2. The van der Waals surface area contributed by atoms with Crippen molar-refractivity contribution in [2.75, 3.05) is 32.8 Å².